The van der Waals surface area contributed by atoms with E-state index in [0.29, 0.717) is 22.5 Å². The lowest BCUT2D eigenvalue weighted by atomic mass is 9.94. The maximum atomic E-state index is 8.99. The van der Waals surface area contributed by atoms with E-state index in [-0.39, 0.29) is 0 Å². The summed E-state index contributed by atoms with van der Waals surface area (Å²) in [6.07, 6.45) is 7.27. The van der Waals surface area contributed by atoms with Crippen LogP contribution in [0.3, 0.4) is 0 Å². The smallest absolute Gasteiger partial charge is 0.101 e. The summed E-state index contributed by atoms with van der Waals surface area (Å²) in [5.41, 5.74) is 7.84. The normalized spacial score (nSPS) is 23.3. The van der Waals surface area contributed by atoms with E-state index in [1.165, 1.54) is 25.7 Å². The zero-order chi connectivity index (χ0) is 13.0. The first-order valence-corrected chi connectivity index (χ1v) is 7.62. The molecule has 0 spiro atoms. The van der Waals surface area contributed by atoms with E-state index in [1.54, 1.807) is 6.07 Å². The van der Waals surface area contributed by atoms with Crippen molar-refractivity contribution < 1.29 is 0 Å². The Kier molecular flexibility index (Phi) is 4.38. The van der Waals surface area contributed by atoms with Crippen molar-refractivity contribution in [2.24, 2.45) is 0 Å². The molecule has 0 saturated heterocycles. The van der Waals surface area contributed by atoms with Gasteiger partial charge in [-0.25, -0.2) is 0 Å². The Balaban J connectivity index is 2.11. The monoisotopic (exact) mass is 261 g/mol. The second kappa shape index (κ2) is 6.01. The fraction of sp³-hybridized carbons (Fsp3) is 0.500. The van der Waals surface area contributed by atoms with Gasteiger partial charge < -0.3 is 11.1 Å². The molecular weight excluding hydrogens is 242 g/mol. The van der Waals surface area contributed by atoms with Crippen molar-refractivity contribution in [2.75, 3.05) is 17.3 Å². The van der Waals surface area contributed by atoms with Crippen molar-refractivity contribution in [3.63, 3.8) is 0 Å². The quantitative estimate of drug-likeness (QED) is 0.820. The van der Waals surface area contributed by atoms with Gasteiger partial charge in [-0.05, 0) is 37.3 Å². The van der Waals surface area contributed by atoms with Crippen LogP contribution in [0.1, 0.15) is 31.2 Å². The van der Waals surface area contributed by atoms with E-state index < -0.39 is 0 Å². The number of thioether (sulfide) groups is 1. The van der Waals surface area contributed by atoms with Crippen LogP contribution in [-0.4, -0.2) is 17.5 Å². The molecule has 1 fully saturated rings. The highest BCUT2D eigenvalue weighted by molar-refractivity contribution is 7.99. The van der Waals surface area contributed by atoms with E-state index in [9.17, 15) is 0 Å². The minimum atomic E-state index is 0.504. The number of hydrogen-bond donors (Lipinski definition) is 2. The molecule has 0 bridgehead atoms. The molecule has 2 unspecified atom stereocenters. The highest BCUT2D eigenvalue weighted by Crippen LogP contribution is 2.30. The molecule has 0 amide bonds. The number of benzene rings is 1. The lowest BCUT2D eigenvalue weighted by molar-refractivity contribution is 0.475. The summed E-state index contributed by atoms with van der Waals surface area (Å²) >= 11 is 1.93. The van der Waals surface area contributed by atoms with Crippen molar-refractivity contribution in [1.82, 2.24) is 0 Å². The van der Waals surface area contributed by atoms with Gasteiger partial charge in [-0.15, -0.1) is 0 Å². The first-order valence-electron chi connectivity index (χ1n) is 6.33. The number of nitrogen functional groups attached to an aromatic ring is 1. The molecule has 0 aromatic heterocycles. The predicted octanol–water partition coefficient (Wildman–Crippen LogP) is 3.23. The average Bonchev–Trinajstić information content (AvgIpc) is 2.41. The van der Waals surface area contributed by atoms with Crippen LogP contribution in [0.2, 0.25) is 0 Å². The molecule has 1 aliphatic rings. The molecule has 0 heterocycles. The average molecular weight is 261 g/mol. The van der Waals surface area contributed by atoms with Gasteiger partial charge in [0.05, 0.1) is 5.56 Å². The predicted molar refractivity (Wildman–Crippen MR) is 78.8 cm³/mol. The summed E-state index contributed by atoms with van der Waals surface area (Å²) in [6, 6.07) is 8.24. The van der Waals surface area contributed by atoms with Gasteiger partial charge >= 0.3 is 0 Å². The molecule has 18 heavy (non-hydrogen) atoms. The second-order valence-electron chi connectivity index (χ2n) is 4.72. The highest BCUT2D eigenvalue weighted by Gasteiger charge is 2.24. The first kappa shape index (κ1) is 13.1. The van der Waals surface area contributed by atoms with Gasteiger partial charge in [0.15, 0.2) is 0 Å². The summed E-state index contributed by atoms with van der Waals surface area (Å²) in [7, 11) is 0. The molecule has 0 aliphatic heterocycles. The van der Waals surface area contributed by atoms with Crippen molar-refractivity contribution in [3.8, 4) is 6.07 Å². The third kappa shape index (κ3) is 2.91. The molecule has 2 atom stereocenters. The maximum absolute atomic E-state index is 8.99. The van der Waals surface area contributed by atoms with Gasteiger partial charge in [0, 0.05) is 22.7 Å². The third-order valence-electron chi connectivity index (χ3n) is 3.53. The number of nitrogens with two attached hydrogens (primary N) is 1. The summed E-state index contributed by atoms with van der Waals surface area (Å²) in [4.78, 5) is 0. The first-order chi connectivity index (χ1) is 8.74. The minimum absolute atomic E-state index is 0.504. The van der Waals surface area contributed by atoms with E-state index in [2.05, 4.69) is 17.6 Å². The lowest BCUT2D eigenvalue weighted by Crippen LogP contribution is -2.34. The van der Waals surface area contributed by atoms with E-state index in [0.717, 1.165) is 5.69 Å². The second-order valence-corrected chi connectivity index (χ2v) is 5.80. The van der Waals surface area contributed by atoms with Crippen LogP contribution in [0.4, 0.5) is 11.4 Å². The summed E-state index contributed by atoms with van der Waals surface area (Å²) < 4.78 is 0. The van der Waals surface area contributed by atoms with Crippen molar-refractivity contribution >= 4 is 23.1 Å². The van der Waals surface area contributed by atoms with Gasteiger partial charge in [-0.2, -0.15) is 17.0 Å². The zero-order valence-corrected chi connectivity index (χ0v) is 11.5. The Bertz CT molecular complexity index is 453. The molecule has 1 aromatic carbocycles. The number of nitrogens with zero attached hydrogens (tertiary/aromatic N) is 1. The van der Waals surface area contributed by atoms with Gasteiger partial charge in [0.2, 0.25) is 0 Å². The molecule has 1 aliphatic carbocycles. The van der Waals surface area contributed by atoms with E-state index in [4.69, 9.17) is 11.0 Å². The molecular formula is C14H19N3S. The SMILES string of the molecule is CSC1CCCCC1Nc1ccc(N)c(C#N)c1. The van der Waals surface area contributed by atoms with Crippen LogP contribution in [0.25, 0.3) is 0 Å². The topological polar surface area (TPSA) is 61.8 Å². The molecule has 1 saturated carbocycles. The molecule has 4 heteroatoms. The van der Waals surface area contributed by atoms with Crippen LogP contribution in [0.15, 0.2) is 18.2 Å². The van der Waals surface area contributed by atoms with Gasteiger partial charge in [-0.3, -0.25) is 0 Å². The number of rotatable bonds is 3. The van der Waals surface area contributed by atoms with Crippen LogP contribution in [0.5, 0.6) is 0 Å². The Morgan fingerprint density at radius 1 is 1.39 bits per heavy atom. The van der Waals surface area contributed by atoms with E-state index in [1.807, 2.05) is 23.9 Å². The molecule has 3 nitrogen and oxygen atoms in total. The Morgan fingerprint density at radius 3 is 2.89 bits per heavy atom. The number of nitriles is 1. The molecule has 96 valence electrons. The number of nitrogens with one attached hydrogen (secondary N) is 1. The van der Waals surface area contributed by atoms with Crippen LogP contribution in [-0.2, 0) is 0 Å². The van der Waals surface area contributed by atoms with Gasteiger partial charge in [-0.1, -0.05) is 12.8 Å². The van der Waals surface area contributed by atoms with Gasteiger partial charge in [0.25, 0.3) is 0 Å². The fourth-order valence-electron chi connectivity index (χ4n) is 2.50. The standard InChI is InChI=1S/C14H19N3S/c1-18-14-5-3-2-4-13(14)17-11-6-7-12(16)10(8-11)9-15/h6-8,13-14,17H,2-5,16H2,1H3. The molecule has 0 radical (unpaired) electrons. The third-order valence-corrected chi connectivity index (χ3v) is 4.70. The Morgan fingerprint density at radius 2 is 2.17 bits per heavy atom. The van der Waals surface area contributed by atoms with Crippen molar-refractivity contribution in [1.29, 1.82) is 5.26 Å². The molecule has 3 N–H and O–H groups in total. The van der Waals surface area contributed by atoms with Crippen LogP contribution >= 0.6 is 11.8 Å². The Hall–Kier alpha value is -1.34. The van der Waals surface area contributed by atoms with Gasteiger partial charge in [0.1, 0.15) is 6.07 Å². The van der Waals surface area contributed by atoms with Crippen LogP contribution < -0.4 is 11.1 Å². The summed E-state index contributed by atoms with van der Waals surface area (Å²) in [5.74, 6) is 0. The van der Waals surface area contributed by atoms with Crippen LogP contribution in [0, 0.1) is 11.3 Å². The van der Waals surface area contributed by atoms with E-state index >= 15 is 0 Å². The molecule has 1 aromatic rings. The largest absolute Gasteiger partial charge is 0.398 e. The summed E-state index contributed by atoms with van der Waals surface area (Å²) in [5, 5.41) is 13.2. The minimum Gasteiger partial charge on any atom is -0.398 e. The maximum Gasteiger partial charge on any atom is 0.101 e. The number of hydrogen-bond acceptors (Lipinski definition) is 4. The fourth-order valence-corrected chi connectivity index (χ4v) is 3.44. The highest BCUT2D eigenvalue weighted by atomic mass is 32.2. The summed E-state index contributed by atoms with van der Waals surface area (Å²) in [6.45, 7) is 0. The van der Waals surface area contributed by atoms with Crippen molar-refractivity contribution in [2.45, 2.75) is 37.0 Å². The lowest BCUT2D eigenvalue weighted by Gasteiger charge is -2.31. The Labute approximate surface area is 113 Å². The number of anilines is 2. The van der Waals surface area contributed by atoms with Crippen molar-refractivity contribution in [3.05, 3.63) is 23.8 Å². The molecule has 2 rings (SSSR count). The zero-order valence-electron chi connectivity index (χ0n) is 10.6.